The lowest BCUT2D eigenvalue weighted by Crippen LogP contribution is -2.23. The molecule has 5 heteroatoms. The lowest BCUT2D eigenvalue weighted by Gasteiger charge is -2.16. The Morgan fingerprint density at radius 2 is 2.29 bits per heavy atom. The van der Waals surface area contributed by atoms with Crippen LogP contribution in [0.15, 0.2) is 6.33 Å². The molecule has 94 valence electrons. The van der Waals surface area contributed by atoms with Crippen LogP contribution < -0.4 is 5.32 Å². The molecule has 1 aromatic rings. The summed E-state index contributed by atoms with van der Waals surface area (Å²) in [4.78, 5) is 7.77. The van der Waals surface area contributed by atoms with Gasteiger partial charge in [0, 0.05) is 12.5 Å². The van der Waals surface area contributed by atoms with Crippen LogP contribution in [0.1, 0.15) is 31.9 Å². The van der Waals surface area contributed by atoms with E-state index in [1.807, 2.05) is 6.92 Å². The molecule has 17 heavy (non-hydrogen) atoms. The Kier molecular flexibility index (Phi) is 3.89. The molecule has 0 aromatic carbocycles. The number of aromatic nitrogens is 2. The molecule has 1 fully saturated rings. The van der Waals surface area contributed by atoms with E-state index in [0.717, 1.165) is 19.3 Å². The first-order valence-corrected chi connectivity index (χ1v) is 6.13. The highest BCUT2D eigenvalue weighted by molar-refractivity contribution is 5.37. The fourth-order valence-electron chi connectivity index (χ4n) is 2.26. The molecule has 0 bridgehead atoms. The molecule has 1 saturated carbocycles. The van der Waals surface area contributed by atoms with Gasteiger partial charge in [0.25, 0.3) is 0 Å². The maximum atomic E-state index is 13.8. The van der Waals surface area contributed by atoms with Gasteiger partial charge in [0.15, 0.2) is 11.6 Å². The third kappa shape index (κ3) is 2.72. The van der Waals surface area contributed by atoms with Crippen molar-refractivity contribution in [1.82, 2.24) is 9.97 Å². The number of nitrogens with one attached hydrogen (secondary N) is 1. The molecular formula is C12H18FN3O. The summed E-state index contributed by atoms with van der Waals surface area (Å²) < 4.78 is 13.8. The van der Waals surface area contributed by atoms with Crippen LogP contribution >= 0.6 is 0 Å². The summed E-state index contributed by atoms with van der Waals surface area (Å²) >= 11 is 0. The van der Waals surface area contributed by atoms with Gasteiger partial charge in [-0.1, -0.05) is 13.3 Å². The molecule has 0 unspecified atom stereocenters. The number of nitrogens with zero attached hydrogens (tertiary/aromatic N) is 2. The van der Waals surface area contributed by atoms with Crippen LogP contribution in [0.3, 0.4) is 0 Å². The minimum absolute atomic E-state index is 0.203. The first-order valence-electron chi connectivity index (χ1n) is 6.13. The van der Waals surface area contributed by atoms with E-state index in [9.17, 15) is 9.50 Å². The summed E-state index contributed by atoms with van der Waals surface area (Å²) in [6, 6.07) is 0. The SMILES string of the molecule is CCc1ncnc(NC[C@@H]2CCC[C@@H]2O)c1F. The summed E-state index contributed by atoms with van der Waals surface area (Å²) in [5.41, 5.74) is 0.425. The second-order valence-electron chi connectivity index (χ2n) is 4.48. The maximum absolute atomic E-state index is 13.8. The molecule has 1 aliphatic rings. The zero-order valence-electron chi connectivity index (χ0n) is 9.99. The van der Waals surface area contributed by atoms with E-state index in [2.05, 4.69) is 15.3 Å². The van der Waals surface area contributed by atoms with Crippen molar-refractivity contribution in [2.45, 2.75) is 38.7 Å². The Morgan fingerprint density at radius 1 is 1.47 bits per heavy atom. The third-order valence-electron chi connectivity index (χ3n) is 3.35. The molecule has 0 saturated heterocycles. The Morgan fingerprint density at radius 3 is 2.94 bits per heavy atom. The fraction of sp³-hybridized carbons (Fsp3) is 0.667. The number of anilines is 1. The van der Waals surface area contributed by atoms with E-state index >= 15 is 0 Å². The fourth-order valence-corrected chi connectivity index (χ4v) is 2.26. The number of halogens is 1. The molecular weight excluding hydrogens is 221 g/mol. The molecule has 0 aliphatic heterocycles. The van der Waals surface area contributed by atoms with Crippen molar-refractivity contribution in [3.05, 3.63) is 17.8 Å². The lowest BCUT2D eigenvalue weighted by atomic mass is 10.1. The third-order valence-corrected chi connectivity index (χ3v) is 3.35. The summed E-state index contributed by atoms with van der Waals surface area (Å²) in [7, 11) is 0. The number of aliphatic hydroxyl groups is 1. The number of hydrogen-bond acceptors (Lipinski definition) is 4. The van der Waals surface area contributed by atoms with E-state index in [1.54, 1.807) is 0 Å². The van der Waals surface area contributed by atoms with Crippen molar-refractivity contribution in [2.24, 2.45) is 5.92 Å². The van der Waals surface area contributed by atoms with Crippen LogP contribution in [0.2, 0.25) is 0 Å². The van der Waals surface area contributed by atoms with Crippen LogP contribution in [0.4, 0.5) is 10.2 Å². The van der Waals surface area contributed by atoms with Crippen molar-refractivity contribution in [2.75, 3.05) is 11.9 Å². The molecule has 1 aliphatic carbocycles. The van der Waals surface area contributed by atoms with Gasteiger partial charge in [0.05, 0.1) is 11.8 Å². The van der Waals surface area contributed by atoms with Gasteiger partial charge in [0.1, 0.15) is 6.33 Å². The molecule has 0 spiro atoms. The Balaban J connectivity index is 1.99. The quantitative estimate of drug-likeness (QED) is 0.840. The van der Waals surface area contributed by atoms with Gasteiger partial charge in [-0.2, -0.15) is 0 Å². The van der Waals surface area contributed by atoms with Gasteiger partial charge in [0.2, 0.25) is 0 Å². The smallest absolute Gasteiger partial charge is 0.186 e. The molecule has 1 aromatic heterocycles. The Bertz CT molecular complexity index is 386. The first kappa shape index (κ1) is 12.2. The molecule has 0 radical (unpaired) electrons. The van der Waals surface area contributed by atoms with Crippen molar-refractivity contribution >= 4 is 5.82 Å². The van der Waals surface area contributed by atoms with Crippen LogP contribution in [-0.4, -0.2) is 27.7 Å². The predicted molar refractivity (Wildman–Crippen MR) is 63.2 cm³/mol. The number of aryl methyl sites for hydroxylation is 1. The summed E-state index contributed by atoms with van der Waals surface area (Å²) in [5, 5.41) is 12.6. The van der Waals surface area contributed by atoms with Crippen LogP contribution in [0.5, 0.6) is 0 Å². The van der Waals surface area contributed by atoms with Crippen molar-refractivity contribution in [3.8, 4) is 0 Å². The summed E-state index contributed by atoms with van der Waals surface area (Å²) in [5.74, 6) is 0.0767. The molecule has 2 rings (SSSR count). The normalized spacial score (nSPS) is 23.9. The molecule has 2 atom stereocenters. The van der Waals surface area contributed by atoms with Gasteiger partial charge < -0.3 is 10.4 Å². The monoisotopic (exact) mass is 239 g/mol. The lowest BCUT2D eigenvalue weighted by molar-refractivity contribution is 0.138. The Labute approximate surface area is 100 Å². The second-order valence-corrected chi connectivity index (χ2v) is 4.48. The zero-order chi connectivity index (χ0) is 12.3. The highest BCUT2D eigenvalue weighted by atomic mass is 19.1. The minimum atomic E-state index is -0.373. The molecule has 2 N–H and O–H groups in total. The number of aliphatic hydroxyl groups excluding tert-OH is 1. The standard InChI is InChI=1S/C12H18FN3O/c1-2-9-11(13)12(16-7-15-9)14-6-8-4-3-5-10(8)17/h7-8,10,17H,2-6H2,1H3,(H,14,15,16)/t8-,10-/m0/s1. The van der Waals surface area contributed by atoms with Gasteiger partial charge >= 0.3 is 0 Å². The zero-order valence-corrected chi connectivity index (χ0v) is 9.99. The van der Waals surface area contributed by atoms with Crippen molar-refractivity contribution in [1.29, 1.82) is 0 Å². The van der Waals surface area contributed by atoms with E-state index in [0.29, 0.717) is 18.7 Å². The molecule has 1 heterocycles. The van der Waals surface area contributed by atoms with Crippen LogP contribution in [-0.2, 0) is 6.42 Å². The highest BCUT2D eigenvalue weighted by Crippen LogP contribution is 2.26. The topological polar surface area (TPSA) is 58.0 Å². The Hall–Kier alpha value is -1.23. The van der Waals surface area contributed by atoms with E-state index in [-0.39, 0.29) is 23.7 Å². The highest BCUT2D eigenvalue weighted by Gasteiger charge is 2.25. The first-order chi connectivity index (χ1) is 8.22. The predicted octanol–water partition coefficient (Wildman–Crippen LogP) is 1.75. The van der Waals surface area contributed by atoms with Crippen LogP contribution in [0.25, 0.3) is 0 Å². The summed E-state index contributed by atoms with van der Waals surface area (Å²) in [6.45, 7) is 2.42. The van der Waals surface area contributed by atoms with Gasteiger partial charge in [-0.05, 0) is 19.3 Å². The molecule has 4 nitrogen and oxygen atoms in total. The number of rotatable bonds is 4. The summed E-state index contributed by atoms with van der Waals surface area (Å²) in [6.07, 6.45) is 4.53. The van der Waals surface area contributed by atoms with Gasteiger partial charge in [-0.15, -0.1) is 0 Å². The second kappa shape index (κ2) is 5.40. The average molecular weight is 239 g/mol. The van der Waals surface area contributed by atoms with E-state index in [4.69, 9.17) is 0 Å². The maximum Gasteiger partial charge on any atom is 0.186 e. The van der Waals surface area contributed by atoms with Crippen molar-refractivity contribution < 1.29 is 9.50 Å². The van der Waals surface area contributed by atoms with Crippen molar-refractivity contribution in [3.63, 3.8) is 0 Å². The van der Waals surface area contributed by atoms with E-state index in [1.165, 1.54) is 6.33 Å². The average Bonchev–Trinajstić information content (AvgIpc) is 2.74. The van der Waals surface area contributed by atoms with Crippen LogP contribution in [0, 0.1) is 11.7 Å². The van der Waals surface area contributed by atoms with Gasteiger partial charge in [-0.3, -0.25) is 0 Å². The minimum Gasteiger partial charge on any atom is -0.393 e. The number of hydrogen-bond donors (Lipinski definition) is 2. The van der Waals surface area contributed by atoms with E-state index < -0.39 is 0 Å². The molecule has 0 amide bonds. The largest absolute Gasteiger partial charge is 0.393 e. The van der Waals surface area contributed by atoms with Gasteiger partial charge in [-0.25, -0.2) is 14.4 Å².